The quantitative estimate of drug-likeness (QED) is 0.295. The van der Waals surface area contributed by atoms with E-state index in [0.717, 1.165) is 30.3 Å². The van der Waals surface area contributed by atoms with Crippen LogP contribution in [0.2, 0.25) is 0 Å². The van der Waals surface area contributed by atoms with Gasteiger partial charge in [0.05, 0.1) is 12.1 Å². The molecule has 3 rings (SSSR count). The molecule has 0 atom stereocenters. The molecule has 0 saturated carbocycles. The van der Waals surface area contributed by atoms with Crippen molar-refractivity contribution in [2.24, 2.45) is 0 Å². The fourth-order valence-electron chi connectivity index (χ4n) is 3.92. The SMILES string of the molecule is CCCCCn1c(-c2ccccc2)cc2ccc(OCCCC(F)(F)CCCO)cc21. The summed E-state index contributed by atoms with van der Waals surface area (Å²) in [7, 11) is 0. The second-order valence-corrected chi connectivity index (χ2v) is 8.11. The zero-order chi connectivity index (χ0) is 22.1. The Labute approximate surface area is 183 Å². The summed E-state index contributed by atoms with van der Waals surface area (Å²) in [6.45, 7) is 3.19. The molecule has 0 unspecified atom stereocenters. The lowest BCUT2D eigenvalue weighted by atomic mass is 10.1. The highest BCUT2D eigenvalue weighted by Crippen LogP contribution is 2.32. The normalized spacial score (nSPS) is 11.9. The van der Waals surface area contributed by atoms with Crippen LogP contribution in [0.15, 0.2) is 54.6 Å². The van der Waals surface area contributed by atoms with Gasteiger partial charge < -0.3 is 14.4 Å². The first kappa shape index (κ1) is 23.3. The van der Waals surface area contributed by atoms with E-state index in [-0.39, 0.29) is 38.9 Å². The average Bonchev–Trinajstić information content (AvgIpc) is 3.14. The van der Waals surface area contributed by atoms with Crippen molar-refractivity contribution < 1.29 is 18.6 Å². The first-order valence-corrected chi connectivity index (χ1v) is 11.3. The molecule has 1 heterocycles. The molecular formula is C26H33F2NO2. The van der Waals surface area contributed by atoms with Crippen molar-refractivity contribution in [1.82, 2.24) is 4.57 Å². The molecule has 0 fully saturated rings. The molecular weight excluding hydrogens is 396 g/mol. The molecule has 0 bridgehead atoms. The van der Waals surface area contributed by atoms with E-state index in [2.05, 4.69) is 29.7 Å². The molecule has 1 N–H and O–H groups in total. The molecule has 0 spiro atoms. The zero-order valence-corrected chi connectivity index (χ0v) is 18.3. The second-order valence-electron chi connectivity index (χ2n) is 8.11. The van der Waals surface area contributed by atoms with Gasteiger partial charge in [0, 0.05) is 43.1 Å². The Morgan fingerprint density at radius 1 is 0.935 bits per heavy atom. The van der Waals surface area contributed by atoms with Gasteiger partial charge in [-0.05, 0) is 43.0 Å². The summed E-state index contributed by atoms with van der Waals surface area (Å²) in [5.74, 6) is -2.03. The van der Waals surface area contributed by atoms with Crippen LogP contribution in [-0.4, -0.2) is 28.8 Å². The molecule has 1 aromatic heterocycles. The second kappa shape index (κ2) is 11.3. The molecule has 31 heavy (non-hydrogen) atoms. The van der Waals surface area contributed by atoms with Crippen LogP contribution in [0.5, 0.6) is 5.75 Å². The number of hydrogen-bond donors (Lipinski definition) is 1. The Kier molecular flexibility index (Phi) is 8.47. The molecule has 5 heteroatoms. The van der Waals surface area contributed by atoms with E-state index >= 15 is 0 Å². The van der Waals surface area contributed by atoms with Crippen molar-refractivity contribution in [1.29, 1.82) is 0 Å². The first-order chi connectivity index (χ1) is 15.0. The zero-order valence-electron chi connectivity index (χ0n) is 18.3. The number of unbranched alkanes of at least 4 members (excludes halogenated alkanes) is 2. The first-order valence-electron chi connectivity index (χ1n) is 11.3. The summed E-state index contributed by atoms with van der Waals surface area (Å²) in [6.07, 6.45) is 3.36. The highest BCUT2D eigenvalue weighted by atomic mass is 19.3. The van der Waals surface area contributed by atoms with Gasteiger partial charge in [0.25, 0.3) is 0 Å². The van der Waals surface area contributed by atoms with E-state index < -0.39 is 5.92 Å². The maximum atomic E-state index is 13.7. The molecule has 0 aliphatic rings. The maximum absolute atomic E-state index is 13.7. The number of aliphatic hydroxyl groups is 1. The van der Waals surface area contributed by atoms with Gasteiger partial charge in [-0.3, -0.25) is 0 Å². The van der Waals surface area contributed by atoms with Crippen LogP contribution < -0.4 is 4.74 Å². The van der Waals surface area contributed by atoms with Crippen molar-refractivity contribution in [2.75, 3.05) is 13.2 Å². The summed E-state index contributed by atoms with van der Waals surface area (Å²) >= 11 is 0. The van der Waals surface area contributed by atoms with Crippen LogP contribution in [0.4, 0.5) is 8.78 Å². The van der Waals surface area contributed by atoms with Gasteiger partial charge in [-0.25, -0.2) is 8.78 Å². The van der Waals surface area contributed by atoms with Crippen LogP contribution in [0.3, 0.4) is 0 Å². The van der Waals surface area contributed by atoms with Crippen LogP contribution in [0.25, 0.3) is 22.2 Å². The minimum Gasteiger partial charge on any atom is -0.494 e. The summed E-state index contributed by atoms with van der Waals surface area (Å²) < 4.78 is 35.6. The van der Waals surface area contributed by atoms with Gasteiger partial charge >= 0.3 is 0 Å². The lowest BCUT2D eigenvalue weighted by molar-refractivity contribution is -0.0254. The largest absolute Gasteiger partial charge is 0.494 e. The highest BCUT2D eigenvalue weighted by molar-refractivity contribution is 5.88. The van der Waals surface area contributed by atoms with E-state index in [1.165, 1.54) is 17.7 Å². The smallest absolute Gasteiger partial charge is 0.248 e. The summed E-state index contributed by atoms with van der Waals surface area (Å²) in [5, 5.41) is 9.89. The third-order valence-electron chi connectivity index (χ3n) is 5.59. The Morgan fingerprint density at radius 2 is 1.71 bits per heavy atom. The van der Waals surface area contributed by atoms with Gasteiger partial charge in [-0.1, -0.05) is 50.1 Å². The molecule has 3 nitrogen and oxygen atoms in total. The minimum atomic E-state index is -2.74. The minimum absolute atomic E-state index is 0.128. The van der Waals surface area contributed by atoms with Crippen molar-refractivity contribution in [2.45, 2.75) is 64.3 Å². The lowest BCUT2D eigenvalue weighted by Gasteiger charge is -2.16. The topological polar surface area (TPSA) is 34.4 Å². The molecule has 0 amide bonds. The summed E-state index contributed by atoms with van der Waals surface area (Å²) in [6, 6.07) is 18.6. The molecule has 2 aromatic carbocycles. The third kappa shape index (κ3) is 6.54. The number of aromatic nitrogens is 1. The van der Waals surface area contributed by atoms with E-state index in [9.17, 15) is 8.78 Å². The molecule has 0 aliphatic heterocycles. The molecule has 168 valence electrons. The van der Waals surface area contributed by atoms with Gasteiger partial charge in [0.15, 0.2) is 0 Å². The number of alkyl halides is 2. The molecule has 0 aliphatic carbocycles. The van der Waals surface area contributed by atoms with Crippen LogP contribution in [0, 0.1) is 0 Å². The number of hydrogen-bond acceptors (Lipinski definition) is 2. The standard InChI is InChI=1S/C26H33F2NO2/c1-2-3-7-16-29-24(21-10-5-4-6-11-21)19-22-12-13-23(20-25(22)29)31-18-9-15-26(27,28)14-8-17-30/h4-6,10-13,19-20,30H,2-3,7-9,14-18H2,1H3. The van der Waals surface area contributed by atoms with E-state index in [4.69, 9.17) is 9.84 Å². The van der Waals surface area contributed by atoms with E-state index in [1.807, 2.05) is 36.4 Å². The Balaban J connectivity index is 1.73. The average molecular weight is 430 g/mol. The number of aryl methyl sites for hydroxylation is 1. The number of nitrogens with zero attached hydrogens (tertiary/aromatic N) is 1. The number of benzene rings is 2. The van der Waals surface area contributed by atoms with Gasteiger partial charge in [-0.2, -0.15) is 0 Å². The fraction of sp³-hybridized carbons (Fsp3) is 0.462. The number of ether oxygens (including phenoxy) is 1. The summed E-state index contributed by atoms with van der Waals surface area (Å²) in [5.41, 5.74) is 3.48. The van der Waals surface area contributed by atoms with Crippen molar-refractivity contribution in [3.8, 4) is 17.0 Å². The Bertz CT molecular complexity index is 937. The Hall–Kier alpha value is -2.40. The van der Waals surface area contributed by atoms with Crippen LogP contribution >= 0.6 is 0 Å². The van der Waals surface area contributed by atoms with E-state index in [1.54, 1.807) is 0 Å². The van der Waals surface area contributed by atoms with Gasteiger partial charge in [0.2, 0.25) is 5.92 Å². The van der Waals surface area contributed by atoms with Crippen molar-refractivity contribution in [3.63, 3.8) is 0 Å². The van der Waals surface area contributed by atoms with Crippen molar-refractivity contribution in [3.05, 3.63) is 54.6 Å². The number of rotatable bonds is 13. The number of halogens is 2. The predicted molar refractivity (Wildman–Crippen MR) is 123 cm³/mol. The Morgan fingerprint density at radius 3 is 2.45 bits per heavy atom. The monoisotopic (exact) mass is 429 g/mol. The van der Waals surface area contributed by atoms with Crippen molar-refractivity contribution >= 4 is 10.9 Å². The fourth-order valence-corrected chi connectivity index (χ4v) is 3.92. The lowest BCUT2D eigenvalue weighted by Crippen LogP contribution is -2.17. The van der Waals surface area contributed by atoms with Crippen LogP contribution in [-0.2, 0) is 6.54 Å². The van der Waals surface area contributed by atoms with E-state index in [0.29, 0.717) is 5.75 Å². The number of fused-ring (bicyclic) bond motifs is 1. The maximum Gasteiger partial charge on any atom is 0.248 e. The predicted octanol–water partition coefficient (Wildman–Crippen LogP) is 7.07. The summed E-state index contributed by atoms with van der Waals surface area (Å²) in [4.78, 5) is 0. The molecule has 0 radical (unpaired) electrons. The third-order valence-corrected chi connectivity index (χ3v) is 5.59. The van der Waals surface area contributed by atoms with Gasteiger partial charge in [0.1, 0.15) is 5.75 Å². The van der Waals surface area contributed by atoms with Crippen LogP contribution in [0.1, 0.15) is 51.9 Å². The van der Waals surface area contributed by atoms with Gasteiger partial charge in [-0.15, -0.1) is 0 Å². The molecule has 3 aromatic rings. The highest BCUT2D eigenvalue weighted by Gasteiger charge is 2.27. The molecule has 0 saturated heterocycles. The number of aliphatic hydroxyl groups excluding tert-OH is 1.